The van der Waals surface area contributed by atoms with Crippen LogP contribution in [0.5, 0.6) is 0 Å². The zero-order valence-corrected chi connectivity index (χ0v) is 11.4. The third kappa shape index (κ3) is 2.61. The van der Waals surface area contributed by atoms with Crippen LogP contribution in [-0.4, -0.2) is 46.3 Å². The van der Waals surface area contributed by atoms with E-state index in [9.17, 15) is 17.1 Å². The second-order valence-corrected chi connectivity index (χ2v) is 6.20. The maximum atomic E-state index is 13.0. The normalized spacial score (nSPS) is 19.2. The van der Waals surface area contributed by atoms with E-state index in [0.717, 1.165) is 0 Å². The molecule has 1 aliphatic rings. The summed E-state index contributed by atoms with van der Waals surface area (Å²) in [6.07, 6.45) is 1.04. The molecule has 0 spiro atoms. The number of benzene rings is 1. The van der Waals surface area contributed by atoms with E-state index in [1.165, 1.54) is 15.9 Å². The summed E-state index contributed by atoms with van der Waals surface area (Å²) in [6, 6.07) is 6.67. The standard InChI is InChI=1S/C11H10FN5O3S/c12-21(19,20)10-5-11(18)16(6-10)8-2-1-3-9(4-8)17-7-13-14-15-17/h1-4,7,10H,5-6H2. The molecule has 8 nitrogen and oxygen atoms in total. The second-order valence-electron chi connectivity index (χ2n) is 4.58. The Balaban J connectivity index is 1.91. The zero-order valence-electron chi connectivity index (χ0n) is 10.6. The maximum Gasteiger partial charge on any atom is 0.307 e. The van der Waals surface area contributed by atoms with Gasteiger partial charge in [-0.2, -0.15) is 8.42 Å². The molecule has 1 aromatic heterocycles. The van der Waals surface area contributed by atoms with E-state index in [1.54, 1.807) is 24.3 Å². The van der Waals surface area contributed by atoms with Gasteiger partial charge in [0.25, 0.3) is 0 Å². The lowest BCUT2D eigenvalue weighted by molar-refractivity contribution is -0.117. The van der Waals surface area contributed by atoms with Crippen LogP contribution in [0.3, 0.4) is 0 Å². The molecular formula is C11H10FN5O3S. The van der Waals surface area contributed by atoms with E-state index in [4.69, 9.17) is 0 Å². The van der Waals surface area contributed by atoms with Crippen molar-refractivity contribution in [1.29, 1.82) is 0 Å². The molecule has 1 unspecified atom stereocenters. The van der Waals surface area contributed by atoms with E-state index in [-0.39, 0.29) is 13.0 Å². The van der Waals surface area contributed by atoms with Crippen LogP contribution in [0, 0.1) is 0 Å². The molecule has 2 heterocycles. The quantitative estimate of drug-likeness (QED) is 0.744. The van der Waals surface area contributed by atoms with Gasteiger partial charge in [0.15, 0.2) is 0 Å². The second kappa shape index (κ2) is 4.88. The highest BCUT2D eigenvalue weighted by molar-refractivity contribution is 7.87. The Labute approximate surface area is 119 Å². The lowest BCUT2D eigenvalue weighted by Gasteiger charge is -2.16. The minimum atomic E-state index is -4.73. The molecule has 1 aliphatic heterocycles. The van der Waals surface area contributed by atoms with E-state index in [0.29, 0.717) is 11.4 Å². The van der Waals surface area contributed by atoms with Crippen LogP contribution < -0.4 is 4.90 Å². The van der Waals surface area contributed by atoms with Crippen molar-refractivity contribution >= 4 is 21.8 Å². The summed E-state index contributed by atoms with van der Waals surface area (Å²) in [6.45, 7) is -0.198. The summed E-state index contributed by atoms with van der Waals surface area (Å²) in [5, 5.41) is 9.42. The number of carbonyl (C=O) groups excluding carboxylic acids is 1. The number of nitrogens with zero attached hydrogens (tertiary/aromatic N) is 5. The molecule has 10 heteroatoms. The van der Waals surface area contributed by atoms with Gasteiger partial charge in [-0.3, -0.25) is 4.79 Å². The highest BCUT2D eigenvalue weighted by atomic mass is 32.3. The van der Waals surface area contributed by atoms with Gasteiger partial charge < -0.3 is 4.90 Å². The third-order valence-electron chi connectivity index (χ3n) is 3.24. The SMILES string of the molecule is O=C1CC(S(=O)(=O)F)CN1c1cccc(-n2cnnn2)c1. The minimum absolute atomic E-state index is 0.198. The van der Waals surface area contributed by atoms with Crippen molar-refractivity contribution in [2.45, 2.75) is 11.7 Å². The van der Waals surface area contributed by atoms with Crippen molar-refractivity contribution in [1.82, 2.24) is 20.2 Å². The van der Waals surface area contributed by atoms with Gasteiger partial charge in [0, 0.05) is 18.7 Å². The summed E-state index contributed by atoms with van der Waals surface area (Å²) >= 11 is 0. The van der Waals surface area contributed by atoms with Gasteiger partial charge in [0.2, 0.25) is 5.91 Å². The van der Waals surface area contributed by atoms with Crippen LogP contribution in [0.25, 0.3) is 5.69 Å². The highest BCUT2D eigenvalue weighted by Gasteiger charge is 2.39. The van der Waals surface area contributed by atoms with E-state index in [1.807, 2.05) is 0 Å². The predicted octanol–water partition coefficient (Wildman–Crippen LogP) is 0.0669. The minimum Gasteiger partial charge on any atom is -0.311 e. The zero-order chi connectivity index (χ0) is 15.0. The van der Waals surface area contributed by atoms with Gasteiger partial charge in [-0.1, -0.05) is 6.07 Å². The van der Waals surface area contributed by atoms with Crippen LogP contribution in [0.4, 0.5) is 9.57 Å². The van der Waals surface area contributed by atoms with Crippen molar-refractivity contribution in [2.24, 2.45) is 0 Å². The number of hydrogen-bond donors (Lipinski definition) is 0. The molecule has 1 amide bonds. The molecule has 110 valence electrons. The Kier molecular flexibility index (Phi) is 3.16. The van der Waals surface area contributed by atoms with Crippen molar-refractivity contribution in [2.75, 3.05) is 11.4 Å². The first-order valence-electron chi connectivity index (χ1n) is 6.02. The number of tetrazole rings is 1. The van der Waals surface area contributed by atoms with E-state index < -0.39 is 21.4 Å². The lowest BCUT2D eigenvalue weighted by Crippen LogP contribution is -2.27. The fourth-order valence-electron chi connectivity index (χ4n) is 2.20. The molecule has 3 rings (SSSR count). The molecule has 1 saturated heterocycles. The number of rotatable bonds is 3. The largest absolute Gasteiger partial charge is 0.311 e. The number of aromatic nitrogens is 4. The molecular weight excluding hydrogens is 301 g/mol. The lowest BCUT2D eigenvalue weighted by atomic mass is 10.2. The van der Waals surface area contributed by atoms with Crippen LogP contribution in [0.2, 0.25) is 0 Å². The topological polar surface area (TPSA) is 98.1 Å². The van der Waals surface area contributed by atoms with Crippen LogP contribution in [-0.2, 0) is 15.0 Å². The van der Waals surface area contributed by atoms with Crippen LogP contribution in [0.15, 0.2) is 30.6 Å². The van der Waals surface area contributed by atoms with Gasteiger partial charge in [-0.15, -0.1) is 8.98 Å². The average molecular weight is 311 g/mol. The van der Waals surface area contributed by atoms with E-state index in [2.05, 4.69) is 15.5 Å². The molecule has 0 aliphatic carbocycles. The van der Waals surface area contributed by atoms with E-state index >= 15 is 0 Å². The Morgan fingerprint density at radius 1 is 1.29 bits per heavy atom. The Bertz CT molecular complexity index is 777. The first-order valence-corrected chi connectivity index (χ1v) is 7.47. The van der Waals surface area contributed by atoms with Gasteiger partial charge >= 0.3 is 10.2 Å². The molecule has 2 aromatic rings. The number of halogens is 1. The van der Waals surface area contributed by atoms with Crippen molar-refractivity contribution < 1.29 is 17.1 Å². The summed E-state index contributed by atoms with van der Waals surface area (Å²) in [5.41, 5.74) is 1.08. The molecule has 0 radical (unpaired) electrons. The van der Waals surface area contributed by atoms with Crippen LogP contribution in [0.1, 0.15) is 6.42 Å². The van der Waals surface area contributed by atoms with Gasteiger partial charge in [0.1, 0.15) is 11.6 Å². The Morgan fingerprint density at radius 2 is 2.05 bits per heavy atom. The number of hydrogen-bond acceptors (Lipinski definition) is 6. The summed E-state index contributed by atoms with van der Waals surface area (Å²) < 4.78 is 36.3. The maximum absolute atomic E-state index is 13.0. The number of carbonyl (C=O) groups is 1. The van der Waals surface area contributed by atoms with Crippen LogP contribution >= 0.6 is 0 Å². The monoisotopic (exact) mass is 311 g/mol. The summed E-state index contributed by atoms with van der Waals surface area (Å²) in [4.78, 5) is 13.1. The Hall–Kier alpha value is -2.36. The molecule has 1 fully saturated rings. The third-order valence-corrected chi connectivity index (χ3v) is 4.35. The molecule has 1 aromatic carbocycles. The highest BCUT2D eigenvalue weighted by Crippen LogP contribution is 2.27. The van der Waals surface area contributed by atoms with Gasteiger partial charge in [-0.05, 0) is 28.6 Å². The van der Waals surface area contributed by atoms with Crippen molar-refractivity contribution in [3.63, 3.8) is 0 Å². The number of amides is 1. The molecule has 0 N–H and O–H groups in total. The van der Waals surface area contributed by atoms with Crippen molar-refractivity contribution in [3.05, 3.63) is 30.6 Å². The summed E-state index contributed by atoms with van der Waals surface area (Å²) in [7, 11) is -4.73. The molecule has 0 bridgehead atoms. The average Bonchev–Trinajstić information content (AvgIpc) is 3.07. The first kappa shape index (κ1) is 13.6. The predicted molar refractivity (Wildman–Crippen MR) is 69.9 cm³/mol. The van der Waals surface area contributed by atoms with Crippen molar-refractivity contribution in [3.8, 4) is 5.69 Å². The molecule has 1 atom stereocenters. The fourth-order valence-corrected chi connectivity index (χ4v) is 2.86. The molecule has 0 saturated carbocycles. The first-order chi connectivity index (χ1) is 9.95. The summed E-state index contributed by atoms with van der Waals surface area (Å²) in [5.74, 6) is -0.435. The smallest absolute Gasteiger partial charge is 0.307 e. The molecule has 21 heavy (non-hydrogen) atoms. The van der Waals surface area contributed by atoms with Gasteiger partial charge in [0.05, 0.1) is 5.69 Å². The van der Waals surface area contributed by atoms with Gasteiger partial charge in [-0.25, -0.2) is 4.68 Å². The Morgan fingerprint density at radius 3 is 2.67 bits per heavy atom. The fraction of sp³-hybridized carbons (Fsp3) is 0.273. The number of anilines is 1.